The second kappa shape index (κ2) is 8.37. The molecule has 1 N–H and O–H groups in total. The summed E-state index contributed by atoms with van der Waals surface area (Å²) in [6.07, 6.45) is 2.98. The molecule has 0 amide bonds. The first kappa shape index (κ1) is 18.6. The highest BCUT2D eigenvalue weighted by Crippen LogP contribution is 2.29. The number of para-hydroxylation sites is 1. The monoisotopic (exact) mass is 352 g/mol. The van der Waals surface area contributed by atoms with Gasteiger partial charge in [-0.15, -0.1) is 0 Å². The van der Waals surface area contributed by atoms with E-state index in [2.05, 4.69) is 17.2 Å². The van der Waals surface area contributed by atoms with Crippen molar-refractivity contribution in [2.75, 3.05) is 43.8 Å². The molecule has 134 valence electrons. The summed E-state index contributed by atoms with van der Waals surface area (Å²) in [7, 11) is 0.364. The molecule has 0 radical (unpaired) electrons. The molecule has 2 rings (SSSR count). The molecule has 0 saturated heterocycles. The average Bonchev–Trinajstić information content (AvgIpc) is 3.01. The van der Waals surface area contributed by atoms with E-state index >= 15 is 0 Å². The van der Waals surface area contributed by atoms with E-state index < -0.39 is 10.0 Å². The summed E-state index contributed by atoms with van der Waals surface area (Å²) in [5, 5.41) is 3.15. The van der Waals surface area contributed by atoms with E-state index in [0.29, 0.717) is 13.1 Å². The van der Waals surface area contributed by atoms with Crippen molar-refractivity contribution in [3.63, 3.8) is 0 Å². The van der Waals surface area contributed by atoms with E-state index in [0.717, 1.165) is 43.0 Å². The number of aliphatic imine (C=N–C) groups is 1. The van der Waals surface area contributed by atoms with Gasteiger partial charge in [0.25, 0.3) is 0 Å². The third-order valence-electron chi connectivity index (χ3n) is 4.24. The third-order valence-corrected chi connectivity index (χ3v) is 6.01. The van der Waals surface area contributed by atoms with Gasteiger partial charge in [0.2, 0.25) is 10.0 Å². The zero-order valence-electron chi connectivity index (χ0n) is 14.8. The normalized spacial score (nSPS) is 14.6. The van der Waals surface area contributed by atoms with E-state index in [-0.39, 0.29) is 5.75 Å². The molecule has 0 saturated carbocycles. The van der Waals surface area contributed by atoms with E-state index in [9.17, 15) is 8.42 Å². The molecule has 0 aromatic heterocycles. The summed E-state index contributed by atoms with van der Waals surface area (Å²) in [4.78, 5) is 6.25. The molecule has 0 bridgehead atoms. The maximum absolute atomic E-state index is 12.6. The minimum atomic E-state index is -3.32. The first-order chi connectivity index (χ1) is 11.5. The second-order valence-electron chi connectivity index (χ2n) is 6.02. The smallest absolute Gasteiger partial charge is 0.236 e. The van der Waals surface area contributed by atoms with Gasteiger partial charge in [-0.3, -0.25) is 9.30 Å². The molecule has 1 aromatic rings. The van der Waals surface area contributed by atoms with Crippen LogP contribution in [0, 0.1) is 0 Å². The van der Waals surface area contributed by atoms with Crippen molar-refractivity contribution in [3.05, 3.63) is 29.8 Å². The largest absolute Gasteiger partial charge is 0.355 e. The number of anilines is 1. The van der Waals surface area contributed by atoms with Gasteiger partial charge in [-0.2, -0.15) is 0 Å². The van der Waals surface area contributed by atoms with E-state index in [1.54, 1.807) is 7.05 Å². The summed E-state index contributed by atoms with van der Waals surface area (Å²) in [5.74, 6) is 0.794. The predicted octanol–water partition coefficient (Wildman–Crippen LogP) is 1.69. The van der Waals surface area contributed by atoms with Gasteiger partial charge in [-0.05, 0) is 24.5 Å². The van der Waals surface area contributed by atoms with Crippen molar-refractivity contribution < 1.29 is 8.42 Å². The molecule has 6 nitrogen and oxygen atoms in total. The van der Waals surface area contributed by atoms with E-state index in [1.807, 2.05) is 36.2 Å². The molecule has 24 heavy (non-hydrogen) atoms. The summed E-state index contributed by atoms with van der Waals surface area (Å²) in [5.41, 5.74) is 1.92. The zero-order valence-corrected chi connectivity index (χ0v) is 15.6. The fourth-order valence-electron chi connectivity index (χ4n) is 2.88. The lowest BCUT2D eigenvalue weighted by atomic mass is 10.2. The van der Waals surface area contributed by atoms with Gasteiger partial charge in [0.15, 0.2) is 5.96 Å². The van der Waals surface area contributed by atoms with Crippen LogP contribution >= 0.6 is 0 Å². The van der Waals surface area contributed by atoms with Crippen LogP contribution in [0.4, 0.5) is 5.69 Å². The van der Waals surface area contributed by atoms with Crippen molar-refractivity contribution in [2.45, 2.75) is 26.2 Å². The average molecular weight is 353 g/mol. The van der Waals surface area contributed by atoms with Crippen LogP contribution in [0.1, 0.15) is 25.3 Å². The van der Waals surface area contributed by atoms with Crippen LogP contribution < -0.4 is 9.62 Å². The SMILES string of the molecule is CCCCN(C)C(=NC)NCCS(=O)(=O)N1CCc2ccccc21. The number of nitrogens with zero attached hydrogens (tertiary/aromatic N) is 3. The standard InChI is InChI=1S/C17H28N4O2S/c1-4-5-12-20(3)17(18-2)19-11-14-24(22,23)21-13-10-15-8-6-7-9-16(15)21/h6-9H,4-5,10-14H2,1-3H3,(H,18,19). The maximum Gasteiger partial charge on any atom is 0.236 e. The summed E-state index contributed by atoms with van der Waals surface area (Å²) in [6, 6.07) is 7.71. The lowest BCUT2D eigenvalue weighted by Crippen LogP contribution is -2.43. The number of benzene rings is 1. The Labute approximate surface area is 145 Å². The van der Waals surface area contributed by atoms with Gasteiger partial charge in [-0.1, -0.05) is 31.5 Å². The van der Waals surface area contributed by atoms with Crippen LogP contribution in [-0.2, 0) is 16.4 Å². The minimum absolute atomic E-state index is 0.0575. The molecule has 0 aliphatic carbocycles. The Morgan fingerprint density at radius 3 is 2.83 bits per heavy atom. The number of hydrogen-bond donors (Lipinski definition) is 1. The van der Waals surface area contributed by atoms with Gasteiger partial charge in [0.1, 0.15) is 0 Å². The number of nitrogens with one attached hydrogen (secondary N) is 1. The van der Waals surface area contributed by atoms with Crippen LogP contribution in [0.3, 0.4) is 0 Å². The molecule has 7 heteroatoms. The quantitative estimate of drug-likeness (QED) is 0.599. The Bertz CT molecular complexity index is 673. The van der Waals surface area contributed by atoms with Gasteiger partial charge in [-0.25, -0.2) is 8.42 Å². The van der Waals surface area contributed by atoms with Crippen LogP contribution in [-0.4, -0.2) is 58.8 Å². The van der Waals surface area contributed by atoms with E-state index in [1.165, 1.54) is 4.31 Å². The molecule has 0 unspecified atom stereocenters. The summed E-state index contributed by atoms with van der Waals surface area (Å²) in [6.45, 7) is 3.93. The van der Waals surface area contributed by atoms with Gasteiger partial charge >= 0.3 is 0 Å². The third kappa shape index (κ3) is 4.41. The fourth-order valence-corrected chi connectivity index (χ4v) is 4.31. The van der Waals surface area contributed by atoms with Crippen molar-refractivity contribution in [1.29, 1.82) is 0 Å². The number of fused-ring (bicyclic) bond motifs is 1. The van der Waals surface area contributed by atoms with Gasteiger partial charge in [0, 0.05) is 33.7 Å². The van der Waals surface area contributed by atoms with Crippen molar-refractivity contribution >= 4 is 21.7 Å². The lowest BCUT2D eigenvalue weighted by Gasteiger charge is -2.23. The van der Waals surface area contributed by atoms with Gasteiger partial charge < -0.3 is 10.2 Å². The van der Waals surface area contributed by atoms with Crippen molar-refractivity contribution in [3.8, 4) is 0 Å². The number of hydrogen-bond acceptors (Lipinski definition) is 3. The number of guanidine groups is 1. The predicted molar refractivity (Wildman–Crippen MR) is 100 cm³/mol. The highest BCUT2D eigenvalue weighted by molar-refractivity contribution is 7.92. The number of sulfonamides is 1. The molecule has 1 aromatic carbocycles. The van der Waals surface area contributed by atoms with Crippen LogP contribution in [0.2, 0.25) is 0 Å². The maximum atomic E-state index is 12.6. The number of unbranched alkanes of at least 4 members (excludes halogenated alkanes) is 1. The van der Waals surface area contributed by atoms with Gasteiger partial charge in [0.05, 0.1) is 11.4 Å². The Kier molecular flexibility index (Phi) is 6.48. The number of rotatable bonds is 7. The van der Waals surface area contributed by atoms with Crippen LogP contribution in [0.25, 0.3) is 0 Å². The molecule has 0 spiro atoms. The van der Waals surface area contributed by atoms with Crippen molar-refractivity contribution in [1.82, 2.24) is 10.2 Å². The Morgan fingerprint density at radius 2 is 2.12 bits per heavy atom. The molecule has 1 aliphatic heterocycles. The summed E-state index contributed by atoms with van der Waals surface area (Å²) < 4.78 is 26.8. The lowest BCUT2D eigenvalue weighted by molar-refractivity contribution is 0.466. The topological polar surface area (TPSA) is 65.0 Å². The molecular weight excluding hydrogens is 324 g/mol. The molecule has 0 atom stereocenters. The first-order valence-corrected chi connectivity index (χ1v) is 10.1. The minimum Gasteiger partial charge on any atom is -0.355 e. The summed E-state index contributed by atoms with van der Waals surface area (Å²) >= 11 is 0. The first-order valence-electron chi connectivity index (χ1n) is 8.49. The van der Waals surface area contributed by atoms with Crippen LogP contribution in [0.5, 0.6) is 0 Å². The second-order valence-corrected chi connectivity index (χ2v) is 8.03. The zero-order chi connectivity index (χ0) is 17.6. The van der Waals surface area contributed by atoms with Crippen LogP contribution in [0.15, 0.2) is 29.3 Å². The van der Waals surface area contributed by atoms with Crippen molar-refractivity contribution in [2.24, 2.45) is 4.99 Å². The molecular formula is C17H28N4O2S. The Morgan fingerprint density at radius 1 is 1.38 bits per heavy atom. The molecule has 0 fully saturated rings. The molecule has 1 heterocycles. The highest BCUT2D eigenvalue weighted by Gasteiger charge is 2.28. The fraction of sp³-hybridized carbons (Fsp3) is 0.588. The van der Waals surface area contributed by atoms with E-state index in [4.69, 9.17) is 0 Å². The molecule has 1 aliphatic rings. The Balaban J connectivity index is 1.92. The Hall–Kier alpha value is -1.76. The highest BCUT2D eigenvalue weighted by atomic mass is 32.2.